The van der Waals surface area contributed by atoms with Crippen molar-refractivity contribution in [2.45, 2.75) is 20.8 Å². The molecular formula is C22H27N3O2S. The molecule has 2 aromatic carbocycles. The lowest BCUT2D eigenvalue weighted by atomic mass is 10.1. The van der Waals surface area contributed by atoms with E-state index in [0.29, 0.717) is 12.3 Å². The van der Waals surface area contributed by atoms with E-state index >= 15 is 0 Å². The van der Waals surface area contributed by atoms with Crippen molar-refractivity contribution in [1.29, 1.82) is 0 Å². The third kappa shape index (κ3) is 4.88. The second kappa shape index (κ2) is 8.71. The van der Waals surface area contributed by atoms with E-state index in [-0.39, 0.29) is 12.5 Å². The minimum atomic E-state index is -0.0872. The molecule has 1 heterocycles. The van der Waals surface area contributed by atoms with Gasteiger partial charge in [-0.05, 0) is 64.2 Å². The summed E-state index contributed by atoms with van der Waals surface area (Å²) in [6.07, 6.45) is 0. The highest BCUT2D eigenvalue weighted by Crippen LogP contribution is 2.31. The number of anilines is 1. The monoisotopic (exact) mass is 397 g/mol. The molecule has 6 heteroatoms. The Labute approximate surface area is 170 Å². The van der Waals surface area contributed by atoms with Crippen molar-refractivity contribution < 1.29 is 9.53 Å². The first-order chi connectivity index (χ1) is 13.3. The molecule has 5 nitrogen and oxygen atoms in total. The number of carbonyl (C=O) groups is 1. The number of hydrogen-bond acceptors (Lipinski definition) is 5. The number of benzene rings is 2. The number of aryl methyl sites for hydroxylation is 3. The zero-order chi connectivity index (χ0) is 20.3. The molecule has 0 radical (unpaired) electrons. The molecule has 0 aliphatic heterocycles. The van der Waals surface area contributed by atoms with Crippen LogP contribution in [0.3, 0.4) is 0 Å². The number of hydrogen-bond donors (Lipinski definition) is 0. The summed E-state index contributed by atoms with van der Waals surface area (Å²) in [4.78, 5) is 21.5. The van der Waals surface area contributed by atoms with Crippen molar-refractivity contribution in [1.82, 2.24) is 9.88 Å². The Hall–Kier alpha value is -2.44. The number of fused-ring (bicyclic) bond motifs is 1. The van der Waals surface area contributed by atoms with Crippen LogP contribution in [0, 0.1) is 20.8 Å². The van der Waals surface area contributed by atoms with Gasteiger partial charge in [0.25, 0.3) is 5.91 Å². The molecule has 1 amide bonds. The molecule has 0 bridgehead atoms. The minimum Gasteiger partial charge on any atom is -0.484 e. The molecule has 3 rings (SSSR count). The highest BCUT2D eigenvalue weighted by molar-refractivity contribution is 7.22. The van der Waals surface area contributed by atoms with Crippen molar-refractivity contribution in [3.05, 3.63) is 53.1 Å². The Morgan fingerprint density at radius 1 is 1.04 bits per heavy atom. The Morgan fingerprint density at radius 2 is 1.75 bits per heavy atom. The van der Waals surface area contributed by atoms with Crippen molar-refractivity contribution in [3.8, 4) is 5.75 Å². The average molecular weight is 398 g/mol. The minimum absolute atomic E-state index is 0.00950. The predicted molar refractivity (Wildman–Crippen MR) is 117 cm³/mol. The number of likely N-dealkylation sites (N-methyl/N-ethyl adjacent to an activating group) is 1. The third-order valence-corrected chi connectivity index (χ3v) is 5.53. The Bertz CT molecular complexity index is 964. The van der Waals surface area contributed by atoms with E-state index < -0.39 is 0 Å². The maximum atomic E-state index is 13.0. The van der Waals surface area contributed by atoms with E-state index in [4.69, 9.17) is 9.72 Å². The lowest BCUT2D eigenvalue weighted by molar-refractivity contribution is -0.120. The molecule has 3 aromatic rings. The van der Waals surface area contributed by atoms with Crippen LogP contribution < -0.4 is 9.64 Å². The second-order valence-corrected chi connectivity index (χ2v) is 8.38. The summed E-state index contributed by atoms with van der Waals surface area (Å²) >= 11 is 1.56. The van der Waals surface area contributed by atoms with Gasteiger partial charge in [-0.15, -0.1) is 0 Å². The molecule has 0 fully saturated rings. The molecule has 0 N–H and O–H groups in total. The molecule has 0 saturated heterocycles. The standard InChI is InChI=1S/C22H27N3O2S/c1-15-6-8-18(9-7-15)27-14-20(26)25(11-10-24(4)5)22-23-21-17(3)12-16(2)13-19(21)28-22/h6-9,12-13H,10-11,14H2,1-5H3. The van der Waals surface area contributed by atoms with Crippen LogP contribution in [0.4, 0.5) is 5.13 Å². The quantitative estimate of drug-likeness (QED) is 0.600. The van der Waals surface area contributed by atoms with Crippen LogP contribution in [-0.4, -0.2) is 49.6 Å². The number of carbonyl (C=O) groups excluding carboxylic acids is 1. The van der Waals surface area contributed by atoms with Gasteiger partial charge in [-0.1, -0.05) is 35.1 Å². The van der Waals surface area contributed by atoms with Gasteiger partial charge in [-0.3, -0.25) is 9.69 Å². The number of aromatic nitrogens is 1. The summed E-state index contributed by atoms with van der Waals surface area (Å²) in [7, 11) is 3.99. The van der Waals surface area contributed by atoms with Crippen LogP contribution in [0.25, 0.3) is 10.2 Å². The topological polar surface area (TPSA) is 45.7 Å². The fourth-order valence-corrected chi connectivity index (χ4v) is 4.14. The van der Waals surface area contributed by atoms with E-state index in [1.165, 1.54) is 5.56 Å². The summed E-state index contributed by atoms with van der Waals surface area (Å²) in [5.41, 5.74) is 4.46. The molecular weight excluding hydrogens is 370 g/mol. The zero-order valence-corrected chi connectivity index (χ0v) is 18.0. The number of ether oxygens (including phenoxy) is 1. The Kier molecular flexibility index (Phi) is 6.31. The van der Waals surface area contributed by atoms with E-state index in [2.05, 4.69) is 30.9 Å². The van der Waals surface area contributed by atoms with Gasteiger partial charge in [0.15, 0.2) is 11.7 Å². The van der Waals surface area contributed by atoms with Crippen molar-refractivity contribution in [3.63, 3.8) is 0 Å². The van der Waals surface area contributed by atoms with Crippen LogP contribution in [0.15, 0.2) is 36.4 Å². The van der Waals surface area contributed by atoms with E-state index in [0.717, 1.165) is 33.0 Å². The zero-order valence-electron chi connectivity index (χ0n) is 17.2. The second-order valence-electron chi connectivity index (χ2n) is 7.38. The van der Waals surface area contributed by atoms with Crippen molar-refractivity contribution in [2.24, 2.45) is 0 Å². The van der Waals surface area contributed by atoms with Gasteiger partial charge in [0.1, 0.15) is 5.75 Å². The molecule has 1 aromatic heterocycles. The van der Waals surface area contributed by atoms with E-state index in [1.54, 1.807) is 16.2 Å². The molecule has 0 spiro atoms. The van der Waals surface area contributed by atoms with Crippen LogP contribution in [-0.2, 0) is 4.79 Å². The number of rotatable bonds is 7. The lowest BCUT2D eigenvalue weighted by Crippen LogP contribution is -2.39. The van der Waals surface area contributed by atoms with Gasteiger partial charge in [-0.2, -0.15) is 0 Å². The maximum Gasteiger partial charge on any atom is 0.266 e. The molecule has 0 unspecified atom stereocenters. The Morgan fingerprint density at radius 3 is 2.43 bits per heavy atom. The first-order valence-corrected chi connectivity index (χ1v) is 10.2. The van der Waals surface area contributed by atoms with Gasteiger partial charge in [0.2, 0.25) is 0 Å². The fourth-order valence-electron chi connectivity index (χ4n) is 2.96. The smallest absolute Gasteiger partial charge is 0.266 e. The fraction of sp³-hybridized carbons (Fsp3) is 0.364. The van der Waals surface area contributed by atoms with Crippen molar-refractivity contribution >= 4 is 32.6 Å². The summed E-state index contributed by atoms with van der Waals surface area (Å²) in [5.74, 6) is 0.609. The van der Waals surface area contributed by atoms with Crippen LogP contribution in [0.2, 0.25) is 0 Å². The average Bonchev–Trinajstić information content (AvgIpc) is 3.05. The summed E-state index contributed by atoms with van der Waals surface area (Å²) in [5, 5.41) is 0.725. The maximum absolute atomic E-state index is 13.0. The van der Waals surface area contributed by atoms with Gasteiger partial charge in [0.05, 0.1) is 10.2 Å². The molecule has 0 aliphatic rings. The van der Waals surface area contributed by atoms with E-state index in [1.807, 2.05) is 45.3 Å². The third-order valence-electron chi connectivity index (χ3n) is 4.50. The molecule has 0 aliphatic carbocycles. The summed E-state index contributed by atoms with van der Waals surface area (Å²) in [6.45, 7) is 7.48. The SMILES string of the molecule is Cc1ccc(OCC(=O)N(CCN(C)C)c2nc3c(C)cc(C)cc3s2)cc1. The van der Waals surface area contributed by atoms with Crippen molar-refractivity contribution in [2.75, 3.05) is 38.7 Å². The lowest BCUT2D eigenvalue weighted by Gasteiger charge is -2.22. The van der Waals surface area contributed by atoms with Gasteiger partial charge >= 0.3 is 0 Å². The van der Waals surface area contributed by atoms with Gasteiger partial charge in [-0.25, -0.2) is 4.98 Å². The van der Waals surface area contributed by atoms with Crippen LogP contribution >= 0.6 is 11.3 Å². The number of nitrogens with zero attached hydrogens (tertiary/aromatic N) is 3. The highest BCUT2D eigenvalue weighted by atomic mass is 32.1. The van der Waals surface area contributed by atoms with Crippen LogP contribution in [0.1, 0.15) is 16.7 Å². The van der Waals surface area contributed by atoms with Gasteiger partial charge < -0.3 is 9.64 Å². The number of thiazole rings is 1. The molecule has 0 atom stereocenters. The number of amides is 1. The molecule has 28 heavy (non-hydrogen) atoms. The highest BCUT2D eigenvalue weighted by Gasteiger charge is 2.21. The summed E-state index contributed by atoms with van der Waals surface area (Å²) in [6, 6.07) is 12.0. The first kappa shape index (κ1) is 20.3. The first-order valence-electron chi connectivity index (χ1n) is 9.36. The van der Waals surface area contributed by atoms with E-state index in [9.17, 15) is 4.79 Å². The molecule has 148 valence electrons. The Balaban J connectivity index is 1.82. The summed E-state index contributed by atoms with van der Waals surface area (Å²) < 4.78 is 6.83. The normalized spacial score (nSPS) is 11.2. The van der Waals surface area contributed by atoms with Crippen LogP contribution in [0.5, 0.6) is 5.75 Å². The predicted octanol–water partition coefficient (Wildman–Crippen LogP) is 4.20. The molecule has 0 saturated carbocycles. The largest absolute Gasteiger partial charge is 0.484 e. The van der Waals surface area contributed by atoms with Gasteiger partial charge in [0, 0.05) is 13.1 Å².